The lowest BCUT2D eigenvalue weighted by Gasteiger charge is -2.04. The van der Waals surface area contributed by atoms with Crippen LogP contribution in [-0.4, -0.2) is 13.1 Å². The number of anilines is 1. The Morgan fingerprint density at radius 1 is 1.45 bits per heavy atom. The molecule has 0 radical (unpaired) electrons. The van der Waals surface area contributed by atoms with E-state index in [0.717, 1.165) is 20.7 Å². The zero-order valence-corrected chi connectivity index (χ0v) is 13.5. The number of hydrogen-bond donors (Lipinski definition) is 1. The number of aryl methyl sites for hydroxylation is 1. The summed E-state index contributed by atoms with van der Waals surface area (Å²) in [6.07, 6.45) is 0. The Hall–Kier alpha value is -1.40. The lowest BCUT2D eigenvalue weighted by Crippen LogP contribution is -2.00. The van der Waals surface area contributed by atoms with Crippen molar-refractivity contribution >= 4 is 39.3 Å². The standard InChI is InChI=1S/C14H14BrNO3S/c1-8-5-10(19-13(8)14(17)18-2)7-20-12-4-3-9(15)6-11(12)16/h3-6H,7,16H2,1-2H3. The van der Waals surface area contributed by atoms with Gasteiger partial charge in [-0.3, -0.25) is 0 Å². The molecule has 1 aromatic carbocycles. The maximum atomic E-state index is 11.5. The summed E-state index contributed by atoms with van der Waals surface area (Å²) in [7, 11) is 1.33. The molecule has 0 bridgehead atoms. The fraction of sp³-hybridized carbons (Fsp3) is 0.214. The Bertz CT molecular complexity index is 639. The Labute approximate surface area is 129 Å². The minimum atomic E-state index is -0.457. The van der Waals surface area contributed by atoms with Crippen molar-refractivity contribution in [2.75, 3.05) is 12.8 Å². The summed E-state index contributed by atoms with van der Waals surface area (Å²) < 4.78 is 11.1. The predicted octanol–water partition coefficient (Wildman–Crippen LogP) is 4.01. The van der Waals surface area contributed by atoms with Crippen LogP contribution >= 0.6 is 27.7 Å². The average molecular weight is 356 g/mol. The number of thioether (sulfide) groups is 1. The third-order valence-electron chi connectivity index (χ3n) is 2.68. The second kappa shape index (κ2) is 6.37. The molecular formula is C14H14BrNO3S. The number of nitrogen functional groups attached to an aromatic ring is 1. The van der Waals surface area contributed by atoms with Gasteiger partial charge in [-0.15, -0.1) is 11.8 Å². The van der Waals surface area contributed by atoms with Crippen LogP contribution < -0.4 is 5.73 Å². The Morgan fingerprint density at radius 3 is 2.85 bits per heavy atom. The molecule has 0 saturated carbocycles. The van der Waals surface area contributed by atoms with Gasteiger partial charge in [0.25, 0.3) is 0 Å². The van der Waals surface area contributed by atoms with Gasteiger partial charge in [0.1, 0.15) is 5.76 Å². The molecule has 2 aromatic rings. The lowest BCUT2D eigenvalue weighted by atomic mass is 10.3. The van der Waals surface area contributed by atoms with Crippen LogP contribution in [0.1, 0.15) is 21.9 Å². The molecule has 0 aliphatic rings. The van der Waals surface area contributed by atoms with Crippen LogP contribution in [0.5, 0.6) is 0 Å². The first-order valence-electron chi connectivity index (χ1n) is 5.86. The second-order valence-electron chi connectivity index (χ2n) is 4.19. The fourth-order valence-corrected chi connectivity index (χ4v) is 2.92. The summed E-state index contributed by atoms with van der Waals surface area (Å²) in [6.45, 7) is 1.82. The van der Waals surface area contributed by atoms with E-state index in [1.54, 1.807) is 11.8 Å². The number of methoxy groups -OCH3 is 1. The molecule has 1 heterocycles. The number of hydrogen-bond acceptors (Lipinski definition) is 5. The molecular weight excluding hydrogens is 342 g/mol. The van der Waals surface area contributed by atoms with Gasteiger partial charge in [-0.1, -0.05) is 15.9 Å². The number of carbonyl (C=O) groups is 1. The second-order valence-corrected chi connectivity index (χ2v) is 6.12. The van der Waals surface area contributed by atoms with E-state index in [2.05, 4.69) is 20.7 Å². The topological polar surface area (TPSA) is 65.5 Å². The molecule has 0 fully saturated rings. The van der Waals surface area contributed by atoms with Crippen molar-refractivity contribution in [2.45, 2.75) is 17.6 Å². The van der Waals surface area contributed by atoms with Crippen LogP contribution in [0.25, 0.3) is 0 Å². The first kappa shape index (κ1) is 15.0. The summed E-state index contributed by atoms with van der Waals surface area (Å²) in [6, 6.07) is 7.58. The highest BCUT2D eigenvalue weighted by atomic mass is 79.9. The van der Waals surface area contributed by atoms with E-state index < -0.39 is 5.97 Å². The van der Waals surface area contributed by atoms with Crippen molar-refractivity contribution in [2.24, 2.45) is 0 Å². The van der Waals surface area contributed by atoms with E-state index in [1.165, 1.54) is 7.11 Å². The number of rotatable bonds is 4. The van der Waals surface area contributed by atoms with Crippen molar-refractivity contribution in [3.05, 3.63) is 45.8 Å². The Kier molecular flexibility index (Phi) is 4.77. The van der Waals surface area contributed by atoms with Gasteiger partial charge in [-0.2, -0.15) is 0 Å². The molecule has 106 valence electrons. The van der Waals surface area contributed by atoms with E-state index in [4.69, 9.17) is 10.2 Å². The van der Waals surface area contributed by atoms with Gasteiger partial charge in [-0.25, -0.2) is 4.79 Å². The largest absolute Gasteiger partial charge is 0.463 e. The van der Waals surface area contributed by atoms with Gasteiger partial charge in [0.2, 0.25) is 5.76 Å². The number of nitrogens with two attached hydrogens (primary N) is 1. The molecule has 0 aliphatic heterocycles. The molecule has 0 aliphatic carbocycles. The third-order valence-corrected chi connectivity index (χ3v) is 4.29. The van der Waals surface area contributed by atoms with Gasteiger partial charge < -0.3 is 14.9 Å². The molecule has 0 saturated heterocycles. The van der Waals surface area contributed by atoms with Crippen LogP contribution in [-0.2, 0) is 10.5 Å². The molecule has 1 aromatic heterocycles. The quantitative estimate of drug-likeness (QED) is 0.509. The van der Waals surface area contributed by atoms with Gasteiger partial charge in [0.05, 0.1) is 12.9 Å². The number of benzene rings is 1. The predicted molar refractivity (Wildman–Crippen MR) is 82.9 cm³/mol. The van der Waals surface area contributed by atoms with E-state index in [0.29, 0.717) is 11.4 Å². The van der Waals surface area contributed by atoms with Crippen molar-refractivity contribution in [1.82, 2.24) is 0 Å². The lowest BCUT2D eigenvalue weighted by molar-refractivity contribution is 0.0562. The molecule has 6 heteroatoms. The molecule has 2 rings (SSSR count). The molecule has 0 unspecified atom stereocenters. The Morgan fingerprint density at radius 2 is 2.20 bits per heavy atom. The normalized spacial score (nSPS) is 10.6. The summed E-state index contributed by atoms with van der Waals surface area (Å²) in [4.78, 5) is 12.4. The summed E-state index contributed by atoms with van der Waals surface area (Å²) in [5.74, 6) is 1.12. The number of furan rings is 1. The third kappa shape index (κ3) is 3.37. The molecule has 20 heavy (non-hydrogen) atoms. The van der Waals surface area contributed by atoms with Crippen LogP contribution in [0, 0.1) is 6.92 Å². The van der Waals surface area contributed by atoms with Crippen LogP contribution in [0.3, 0.4) is 0 Å². The van der Waals surface area contributed by atoms with Crippen LogP contribution in [0.4, 0.5) is 5.69 Å². The van der Waals surface area contributed by atoms with E-state index in [1.807, 2.05) is 31.2 Å². The summed E-state index contributed by atoms with van der Waals surface area (Å²) >= 11 is 4.93. The first-order chi connectivity index (χ1) is 9.51. The van der Waals surface area contributed by atoms with E-state index >= 15 is 0 Å². The molecule has 2 N–H and O–H groups in total. The average Bonchev–Trinajstić information content (AvgIpc) is 2.78. The summed E-state index contributed by atoms with van der Waals surface area (Å²) in [5.41, 5.74) is 7.42. The highest BCUT2D eigenvalue weighted by molar-refractivity contribution is 9.10. The van der Waals surface area contributed by atoms with E-state index in [9.17, 15) is 4.79 Å². The SMILES string of the molecule is COC(=O)c1oc(CSc2ccc(Br)cc2N)cc1C. The molecule has 0 spiro atoms. The highest BCUT2D eigenvalue weighted by Gasteiger charge is 2.16. The number of esters is 1. The fourth-order valence-electron chi connectivity index (χ4n) is 1.71. The minimum Gasteiger partial charge on any atom is -0.463 e. The van der Waals surface area contributed by atoms with Gasteiger partial charge >= 0.3 is 5.97 Å². The van der Waals surface area contributed by atoms with Crippen molar-refractivity contribution in [1.29, 1.82) is 0 Å². The monoisotopic (exact) mass is 355 g/mol. The maximum Gasteiger partial charge on any atom is 0.374 e. The van der Waals surface area contributed by atoms with Crippen molar-refractivity contribution in [3.63, 3.8) is 0 Å². The van der Waals surface area contributed by atoms with Crippen molar-refractivity contribution < 1.29 is 13.9 Å². The molecule has 4 nitrogen and oxygen atoms in total. The van der Waals surface area contributed by atoms with E-state index in [-0.39, 0.29) is 5.76 Å². The zero-order valence-electron chi connectivity index (χ0n) is 11.1. The highest BCUT2D eigenvalue weighted by Crippen LogP contribution is 2.31. The molecule has 0 amide bonds. The number of carbonyl (C=O) groups excluding carboxylic acids is 1. The Balaban J connectivity index is 2.09. The van der Waals surface area contributed by atoms with Crippen LogP contribution in [0.15, 0.2) is 38.1 Å². The van der Waals surface area contributed by atoms with Crippen LogP contribution in [0.2, 0.25) is 0 Å². The minimum absolute atomic E-state index is 0.256. The van der Waals surface area contributed by atoms with Crippen molar-refractivity contribution in [3.8, 4) is 0 Å². The van der Waals surface area contributed by atoms with Gasteiger partial charge in [0.15, 0.2) is 0 Å². The van der Waals surface area contributed by atoms with Gasteiger partial charge in [0, 0.05) is 20.6 Å². The first-order valence-corrected chi connectivity index (χ1v) is 7.64. The smallest absolute Gasteiger partial charge is 0.374 e. The number of halogens is 1. The molecule has 0 atom stereocenters. The summed E-state index contributed by atoms with van der Waals surface area (Å²) in [5, 5.41) is 0. The zero-order chi connectivity index (χ0) is 14.7. The maximum absolute atomic E-state index is 11.5. The number of ether oxygens (including phenoxy) is 1. The van der Waals surface area contributed by atoms with Gasteiger partial charge in [-0.05, 0) is 31.2 Å².